The van der Waals surface area contributed by atoms with Gasteiger partial charge in [0.1, 0.15) is 6.10 Å². The highest BCUT2D eigenvalue weighted by Gasteiger charge is 2.70. The molecule has 0 amide bonds. The molecule has 15 heavy (non-hydrogen) atoms. The highest BCUT2D eigenvalue weighted by atomic mass is 19.4. The lowest BCUT2D eigenvalue weighted by Gasteiger charge is -2.21. The van der Waals surface area contributed by atoms with Crippen LogP contribution in [0.3, 0.4) is 0 Å². The van der Waals surface area contributed by atoms with E-state index in [-0.39, 0.29) is 5.56 Å². The fourth-order valence-corrected chi connectivity index (χ4v) is 1.46. The minimum absolute atomic E-state index is 0.215. The summed E-state index contributed by atoms with van der Waals surface area (Å²) in [5, 5.41) is 9.60. The maximum atomic E-state index is 12.5. The van der Waals surface area contributed by atoms with Gasteiger partial charge in [0.25, 0.3) is 0 Å². The zero-order valence-electron chi connectivity index (χ0n) is 7.66. The summed E-state index contributed by atoms with van der Waals surface area (Å²) >= 11 is 0. The minimum atomic E-state index is -4.54. The Morgan fingerprint density at radius 3 is 2.20 bits per heavy atom. The van der Waals surface area contributed by atoms with E-state index in [1.165, 1.54) is 12.1 Å². The average Bonchev–Trinajstić information content (AvgIpc) is 2.98. The second kappa shape index (κ2) is 3.21. The van der Waals surface area contributed by atoms with Crippen molar-refractivity contribution in [2.75, 3.05) is 6.61 Å². The lowest BCUT2D eigenvalue weighted by molar-refractivity contribution is -0.210. The van der Waals surface area contributed by atoms with E-state index in [1.807, 2.05) is 0 Å². The number of ether oxygens (including phenoxy) is 1. The van der Waals surface area contributed by atoms with Crippen LogP contribution in [0, 0.1) is 0 Å². The van der Waals surface area contributed by atoms with Crippen LogP contribution in [0.5, 0.6) is 0 Å². The molecule has 2 rings (SSSR count). The normalized spacial score (nSPS) is 27.5. The molecule has 1 fully saturated rings. The predicted molar refractivity (Wildman–Crippen MR) is 46.1 cm³/mol. The molecule has 1 aliphatic rings. The van der Waals surface area contributed by atoms with Gasteiger partial charge in [0.05, 0.1) is 6.61 Å². The molecule has 82 valence electrons. The molecule has 1 heterocycles. The fraction of sp³-hybridized carbons (Fsp3) is 0.400. The van der Waals surface area contributed by atoms with Gasteiger partial charge in [0, 0.05) is 0 Å². The molecule has 2 nitrogen and oxygen atoms in total. The van der Waals surface area contributed by atoms with Crippen molar-refractivity contribution in [2.45, 2.75) is 17.9 Å². The van der Waals surface area contributed by atoms with E-state index in [0.717, 1.165) is 0 Å². The maximum Gasteiger partial charge on any atom is 0.422 e. The van der Waals surface area contributed by atoms with Gasteiger partial charge in [-0.15, -0.1) is 0 Å². The molecule has 0 saturated carbocycles. The Balaban J connectivity index is 2.26. The molecule has 2 atom stereocenters. The van der Waals surface area contributed by atoms with E-state index in [0.29, 0.717) is 0 Å². The van der Waals surface area contributed by atoms with Gasteiger partial charge in [-0.3, -0.25) is 0 Å². The summed E-state index contributed by atoms with van der Waals surface area (Å²) in [5.41, 5.74) is -2.18. The van der Waals surface area contributed by atoms with Crippen LogP contribution in [0.25, 0.3) is 0 Å². The molecule has 0 aromatic heterocycles. The number of benzene rings is 1. The lowest BCUT2D eigenvalue weighted by Crippen LogP contribution is -2.38. The second-order valence-corrected chi connectivity index (χ2v) is 3.49. The van der Waals surface area contributed by atoms with Crippen LogP contribution in [0.2, 0.25) is 0 Å². The molecule has 5 heteroatoms. The molecule has 1 unspecified atom stereocenters. The summed E-state index contributed by atoms with van der Waals surface area (Å²) in [6, 6.07) is 7.71. The molecular weight excluding hydrogens is 209 g/mol. The highest BCUT2D eigenvalue weighted by Crippen LogP contribution is 2.51. The number of alkyl halides is 3. The molecule has 1 saturated heterocycles. The van der Waals surface area contributed by atoms with Gasteiger partial charge in [-0.25, -0.2) is 0 Å². The van der Waals surface area contributed by atoms with Crippen LogP contribution in [-0.2, 0) is 4.74 Å². The largest absolute Gasteiger partial charge is 0.422 e. The summed E-state index contributed by atoms with van der Waals surface area (Å²) in [7, 11) is 0. The Morgan fingerprint density at radius 2 is 1.80 bits per heavy atom. The number of hydrogen-bond donors (Lipinski definition) is 1. The van der Waals surface area contributed by atoms with Gasteiger partial charge in [-0.2, -0.15) is 13.2 Å². The molecule has 0 spiro atoms. The molecule has 1 aromatic rings. The fourth-order valence-electron chi connectivity index (χ4n) is 1.46. The number of aliphatic hydroxyl groups excluding tert-OH is 1. The van der Waals surface area contributed by atoms with E-state index in [4.69, 9.17) is 0 Å². The van der Waals surface area contributed by atoms with Crippen molar-refractivity contribution in [3.8, 4) is 0 Å². The zero-order valence-corrected chi connectivity index (χ0v) is 7.66. The van der Waals surface area contributed by atoms with Crippen molar-refractivity contribution in [1.29, 1.82) is 0 Å². The lowest BCUT2D eigenvalue weighted by atomic mass is 9.96. The van der Waals surface area contributed by atoms with Crippen LogP contribution in [0.4, 0.5) is 13.2 Å². The van der Waals surface area contributed by atoms with Crippen molar-refractivity contribution >= 4 is 0 Å². The van der Waals surface area contributed by atoms with Crippen LogP contribution >= 0.6 is 0 Å². The Kier molecular flexibility index (Phi) is 2.24. The van der Waals surface area contributed by atoms with E-state index < -0.39 is 24.5 Å². The van der Waals surface area contributed by atoms with Gasteiger partial charge < -0.3 is 9.84 Å². The van der Waals surface area contributed by atoms with Crippen molar-refractivity contribution in [3.05, 3.63) is 35.9 Å². The molecule has 0 aliphatic carbocycles. The first-order valence-corrected chi connectivity index (χ1v) is 4.41. The van der Waals surface area contributed by atoms with Gasteiger partial charge in [-0.1, -0.05) is 30.3 Å². The second-order valence-electron chi connectivity index (χ2n) is 3.49. The average molecular weight is 218 g/mol. The molecule has 1 N–H and O–H groups in total. The van der Waals surface area contributed by atoms with E-state index in [1.54, 1.807) is 18.2 Å². The van der Waals surface area contributed by atoms with Crippen molar-refractivity contribution < 1.29 is 23.0 Å². The Labute approximate surface area is 84.3 Å². The van der Waals surface area contributed by atoms with Gasteiger partial charge in [0.15, 0.2) is 0 Å². The predicted octanol–water partition coefficient (Wildman–Crippen LogP) is 2.05. The molecule has 1 aromatic carbocycles. The third-order valence-corrected chi connectivity index (χ3v) is 2.49. The highest BCUT2D eigenvalue weighted by molar-refractivity contribution is 5.24. The molecule has 0 bridgehead atoms. The standard InChI is InChI=1S/C10H9F3O2/c11-10(12,13)9(6-15-9)8(14)7-4-2-1-3-5-7/h1-5,8,14H,6H2/t8?,9-/m1/s1. The molecular formula is C10H9F3O2. The Morgan fingerprint density at radius 1 is 1.27 bits per heavy atom. The first-order valence-electron chi connectivity index (χ1n) is 4.41. The summed E-state index contributed by atoms with van der Waals surface area (Å²) in [4.78, 5) is 0. The molecule has 0 radical (unpaired) electrons. The van der Waals surface area contributed by atoms with E-state index in [9.17, 15) is 18.3 Å². The molecule has 1 aliphatic heterocycles. The van der Waals surface area contributed by atoms with Gasteiger partial charge >= 0.3 is 6.18 Å². The third kappa shape index (κ3) is 1.61. The van der Waals surface area contributed by atoms with Crippen LogP contribution in [-0.4, -0.2) is 23.5 Å². The van der Waals surface area contributed by atoms with Crippen molar-refractivity contribution in [2.24, 2.45) is 0 Å². The summed E-state index contributed by atoms with van der Waals surface area (Å²) in [6.07, 6.45) is -6.19. The third-order valence-electron chi connectivity index (χ3n) is 2.49. The van der Waals surface area contributed by atoms with E-state index >= 15 is 0 Å². The number of hydrogen-bond acceptors (Lipinski definition) is 2. The quantitative estimate of drug-likeness (QED) is 0.770. The zero-order chi connectivity index (χ0) is 11.1. The smallest absolute Gasteiger partial charge is 0.385 e. The van der Waals surface area contributed by atoms with Gasteiger partial charge in [0.2, 0.25) is 5.60 Å². The number of aliphatic hydroxyl groups is 1. The number of rotatable bonds is 2. The van der Waals surface area contributed by atoms with Crippen molar-refractivity contribution in [1.82, 2.24) is 0 Å². The van der Waals surface area contributed by atoms with Crippen LogP contribution in [0.15, 0.2) is 30.3 Å². The number of epoxide rings is 1. The van der Waals surface area contributed by atoms with Crippen LogP contribution < -0.4 is 0 Å². The summed E-state index contributed by atoms with van der Waals surface area (Å²) in [6.45, 7) is -0.480. The first kappa shape index (κ1) is 10.4. The van der Waals surface area contributed by atoms with Crippen molar-refractivity contribution in [3.63, 3.8) is 0 Å². The minimum Gasteiger partial charge on any atom is -0.385 e. The number of halogens is 3. The van der Waals surface area contributed by atoms with Gasteiger partial charge in [-0.05, 0) is 5.56 Å². The maximum absolute atomic E-state index is 12.5. The SMILES string of the molecule is OC(c1ccccc1)[C@@]1(C(F)(F)F)CO1. The Hall–Kier alpha value is -1.07. The van der Waals surface area contributed by atoms with Crippen LogP contribution in [0.1, 0.15) is 11.7 Å². The first-order chi connectivity index (χ1) is 6.97. The summed E-state index contributed by atoms with van der Waals surface area (Å²) < 4.78 is 42.0. The Bertz CT molecular complexity index is 343. The monoisotopic (exact) mass is 218 g/mol. The van der Waals surface area contributed by atoms with E-state index in [2.05, 4.69) is 4.74 Å². The topological polar surface area (TPSA) is 32.8 Å². The summed E-state index contributed by atoms with van der Waals surface area (Å²) in [5.74, 6) is 0.